The summed E-state index contributed by atoms with van der Waals surface area (Å²) in [4.78, 5) is 11.4. The molecule has 1 nitrogen and oxygen atoms in total. The van der Waals surface area contributed by atoms with E-state index < -0.39 is 0 Å². The Balaban J connectivity index is 4.61. The molecule has 84 valence electrons. The smallest absolute Gasteiger partial charge is 0.133 e. The van der Waals surface area contributed by atoms with Crippen LogP contribution in [0, 0.1) is 17.3 Å². The lowest BCUT2D eigenvalue weighted by Crippen LogP contribution is -2.34. The summed E-state index contributed by atoms with van der Waals surface area (Å²) in [5, 5.41) is 0. The Bertz CT molecular complexity index is 182. The lowest BCUT2D eigenvalue weighted by Gasteiger charge is -2.38. The van der Waals surface area contributed by atoms with Crippen LogP contribution in [0.2, 0.25) is 0 Å². The largest absolute Gasteiger partial charge is 0.300 e. The summed E-state index contributed by atoms with van der Waals surface area (Å²) >= 11 is 0. The Labute approximate surface area is 89.3 Å². The SMILES string of the molecule is CCCC(CC)C(C)(C)C(C)C(C)=O. The fraction of sp³-hybridized carbons (Fsp3) is 0.923. The molecule has 0 heterocycles. The van der Waals surface area contributed by atoms with Gasteiger partial charge in [0.05, 0.1) is 0 Å². The van der Waals surface area contributed by atoms with E-state index in [0.29, 0.717) is 11.7 Å². The number of ketones is 1. The van der Waals surface area contributed by atoms with Crippen molar-refractivity contribution >= 4 is 5.78 Å². The Morgan fingerprint density at radius 3 is 2.07 bits per heavy atom. The lowest BCUT2D eigenvalue weighted by atomic mass is 9.66. The molecular formula is C13H26O. The molecule has 0 aromatic heterocycles. The van der Waals surface area contributed by atoms with E-state index in [9.17, 15) is 4.79 Å². The molecule has 0 aromatic carbocycles. The van der Waals surface area contributed by atoms with Gasteiger partial charge in [-0.25, -0.2) is 0 Å². The van der Waals surface area contributed by atoms with Crippen LogP contribution < -0.4 is 0 Å². The molecule has 2 unspecified atom stereocenters. The summed E-state index contributed by atoms with van der Waals surface area (Å²) in [7, 11) is 0. The second-order valence-electron chi connectivity index (χ2n) is 5.05. The van der Waals surface area contributed by atoms with Crippen LogP contribution in [-0.2, 0) is 4.79 Å². The third kappa shape index (κ3) is 3.11. The molecule has 0 spiro atoms. The van der Waals surface area contributed by atoms with Gasteiger partial charge in [-0.3, -0.25) is 4.79 Å². The lowest BCUT2D eigenvalue weighted by molar-refractivity contribution is -0.125. The standard InChI is InChI=1S/C13H26O/c1-7-9-12(8-2)13(5,6)10(3)11(4)14/h10,12H,7-9H2,1-6H3. The molecule has 2 atom stereocenters. The monoisotopic (exact) mass is 198 g/mol. The molecule has 0 aliphatic rings. The van der Waals surface area contributed by atoms with E-state index in [0.717, 1.165) is 0 Å². The van der Waals surface area contributed by atoms with Crippen molar-refractivity contribution in [3.05, 3.63) is 0 Å². The predicted molar refractivity (Wildman–Crippen MR) is 62.3 cm³/mol. The van der Waals surface area contributed by atoms with Gasteiger partial charge in [0.25, 0.3) is 0 Å². The maximum absolute atomic E-state index is 11.4. The van der Waals surface area contributed by atoms with Gasteiger partial charge in [-0.2, -0.15) is 0 Å². The number of hydrogen-bond donors (Lipinski definition) is 0. The highest BCUT2D eigenvalue weighted by atomic mass is 16.1. The number of rotatable bonds is 6. The average molecular weight is 198 g/mol. The number of hydrogen-bond acceptors (Lipinski definition) is 1. The molecule has 0 N–H and O–H groups in total. The van der Waals surface area contributed by atoms with Crippen LogP contribution in [0.3, 0.4) is 0 Å². The molecule has 14 heavy (non-hydrogen) atoms. The van der Waals surface area contributed by atoms with E-state index in [2.05, 4.69) is 34.6 Å². The number of carbonyl (C=O) groups is 1. The van der Waals surface area contributed by atoms with Gasteiger partial charge in [0, 0.05) is 5.92 Å². The van der Waals surface area contributed by atoms with Crippen molar-refractivity contribution < 1.29 is 4.79 Å². The second kappa shape index (κ2) is 5.53. The van der Waals surface area contributed by atoms with Gasteiger partial charge < -0.3 is 0 Å². The zero-order valence-corrected chi connectivity index (χ0v) is 10.7. The van der Waals surface area contributed by atoms with Gasteiger partial charge >= 0.3 is 0 Å². The summed E-state index contributed by atoms with van der Waals surface area (Å²) in [6, 6.07) is 0. The van der Waals surface area contributed by atoms with Crippen LogP contribution in [0.4, 0.5) is 0 Å². The van der Waals surface area contributed by atoms with Crippen molar-refractivity contribution in [2.75, 3.05) is 0 Å². The summed E-state index contributed by atoms with van der Waals surface area (Å²) in [6.07, 6.45) is 3.63. The average Bonchev–Trinajstić information content (AvgIpc) is 2.12. The van der Waals surface area contributed by atoms with Crippen molar-refractivity contribution in [1.29, 1.82) is 0 Å². The van der Waals surface area contributed by atoms with E-state index in [4.69, 9.17) is 0 Å². The first-order valence-electron chi connectivity index (χ1n) is 5.88. The summed E-state index contributed by atoms with van der Waals surface area (Å²) in [6.45, 7) is 12.7. The third-order valence-electron chi connectivity index (χ3n) is 3.91. The predicted octanol–water partition coefficient (Wildman–Crippen LogP) is 4.06. The Morgan fingerprint density at radius 1 is 1.29 bits per heavy atom. The third-order valence-corrected chi connectivity index (χ3v) is 3.91. The Hall–Kier alpha value is -0.330. The highest BCUT2D eigenvalue weighted by Gasteiger charge is 2.35. The molecule has 0 saturated heterocycles. The van der Waals surface area contributed by atoms with E-state index in [1.165, 1.54) is 19.3 Å². The quantitative estimate of drug-likeness (QED) is 0.629. The highest BCUT2D eigenvalue weighted by molar-refractivity contribution is 5.78. The Morgan fingerprint density at radius 2 is 1.79 bits per heavy atom. The molecule has 0 aliphatic carbocycles. The van der Waals surface area contributed by atoms with Gasteiger partial charge in [0.15, 0.2) is 0 Å². The zero-order chi connectivity index (χ0) is 11.4. The molecule has 0 aromatic rings. The van der Waals surface area contributed by atoms with Crippen molar-refractivity contribution in [1.82, 2.24) is 0 Å². The van der Waals surface area contributed by atoms with E-state index >= 15 is 0 Å². The van der Waals surface area contributed by atoms with E-state index in [1.807, 2.05) is 0 Å². The van der Waals surface area contributed by atoms with E-state index in [1.54, 1.807) is 6.92 Å². The van der Waals surface area contributed by atoms with Gasteiger partial charge in [-0.05, 0) is 18.3 Å². The minimum absolute atomic E-state index is 0.149. The first kappa shape index (κ1) is 13.7. The van der Waals surface area contributed by atoms with Crippen molar-refractivity contribution in [3.63, 3.8) is 0 Å². The van der Waals surface area contributed by atoms with Crippen molar-refractivity contribution in [2.24, 2.45) is 17.3 Å². The van der Waals surface area contributed by atoms with Crippen LogP contribution in [-0.4, -0.2) is 5.78 Å². The van der Waals surface area contributed by atoms with Crippen molar-refractivity contribution in [3.8, 4) is 0 Å². The molecule has 0 rings (SSSR count). The first-order valence-corrected chi connectivity index (χ1v) is 5.88. The summed E-state index contributed by atoms with van der Waals surface area (Å²) in [5.41, 5.74) is 0.149. The number of Topliss-reactive ketones (excluding diaryl/α,β-unsaturated/α-hetero) is 1. The Kier molecular flexibility index (Phi) is 5.40. The highest BCUT2D eigenvalue weighted by Crippen LogP contribution is 2.39. The van der Waals surface area contributed by atoms with Gasteiger partial charge in [0.2, 0.25) is 0 Å². The second-order valence-corrected chi connectivity index (χ2v) is 5.05. The molecular weight excluding hydrogens is 172 g/mol. The first-order chi connectivity index (χ1) is 6.37. The van der Waals surface area contributed by atoms with Crippen LogP contribution in [0.25, 0.3) is 0 Å². The minimum atomic E-state index is 0.149. The zero-order valence-electron chi connectivity index (χ0n) is 10.7. The minimum Gasteiger partial charge on any atom is -0.300 e. The van der Waals surface area contributed by atoms with Crippen molar-refractivity contribution in [2.45, 2.75) is 60.8 Å². The van der Waals surface area contributed by atoms with Gasteiger partial charge in [0.1, 0.15) is 5.78 Å². The summed E-state index contributed by atoms with van der Waals surface area (Å²) in [5.74, 6) is 1.18. The fourth-order valence-corrected chi connectivity index (χ4v) is 2.33. The molecule has 0 amide bonds. The molecule has 0 aliphatic heterocycles. The topological polar surface area (TPSA) is 17.1 Å². The molecule has 0 saturated carbocycles. The molecule has 0 fully saturated rings. The van der Waals surface area contributed by atoms with Gasteiger partial charge in [-0.1, -0.05) is 53.9 Å². The molecule has 0 radical (unpaired) electrons. The van der Waals surface area contributed by atoms with Crippen LogP contribution in [0.1, 0.15) is 60.8 Å². The normalized spacial score (nSPS) is 16.4. The maximum Gasteiger partial charge on any atom is 0.133 e. The van der Waals surface area contributed by atoms with Crippen LogP contribution >= 0.6 is 0 Å². The van der Waals surface area contributed by atoms with Crippen LogP contribution in [0.5, 0.6) is 0 Å². The number of carbonyl (C=O) groups excluding carboxylic acids is 1. The summed E-state index contributed by atoms with van der Waals surface area (Å²) < 4.78 is 0. The van der Waals surface area contributed by atoms with E-state index in [-0.39, 0.29) is 11.3 Å². The van der Waals surface area contributed by atoms with Crippen LogP contribution in [0.15, 0.2) is 0 Å². The fourth-order valence-electron chi connectivity index (χ4n) is 2.33. The molecule has 1 heteroatoms. The van der Waals surface area contributed by atoms with Gasteiger partial charge in [-0.15, -0.1) is 0 Å². The molecule has 0 bridgehead atoms. The maximum atomic E-state index is 11.4.